The van der Waals surface area contributed by atoms with E-state index in [1.807, 2.05) is 60.7 Å². The first-order valence-electron chi connectivity index (χ1n) is 14.3. The van der Waals surface area contributed by atoms with Crippen LogP contribution >= 0.6 is 0 Å². The molecule has 3 aromatic carbocycles. The number of pyridine rings is 1. The molecule has 0 radical (unpaired) electrons. The van der Waals surface area contributed by atoms with Crippen molar-refractivity contribution in [2.24, 2.45) is 0 Å². The number of ether oxygens (including phenoxy) is 4. The number of benzene rings is 3. The minimum atomic E-state index is -0.745. The zero-order valence-corrected chi connectivity index (χ0v) is 25.0. The van der Waals surface area contributed by atoms with Crippen molar-refractivity contribution in [3.05, 3.63) is 113 Å². The highest BCUT2D eigenvalue weighted by atomic mass is 16.5. The smallest absolute Gasteiger partial charge is 0.259 e. The topological polar surface area (TPSA) is 99.2 Å². The maximum Gasteiger partial charge on any atom is 0.259 e. The molecule has 1 aliphatic heterocycles. The summed E-state index contributed by atoms with van der Waals surface area (Å²) in [5.41, 5.74) is 4.75. The van der Waals surface area contributed by atoms with Crippen molar-refractivity contribution >= 4 is 23.1 Å². The predicted molar refractivity (Wildman–Crippen MR) is 167 cm³/mol. The normalized spacial score (nSPS) is 17.5. The Balaban J connectivity index is 1.53. The lowest BCUT2D eigenvalue weighted by Crippen LogP contribution is -2.38. The van der Waals surface area contributed by atoms with Crippen LogP contribution in [0.2, 0.25) is 0 Å². The predicted octanol–water partition coefficient (Wildman–Crippen LogP) is 6.33. The van der Waals surface area contributed by atoms with Crippen molar-refractivity contribution < 1.29 is 28.5 Å². The molecule has 9 nitrogen and oxygen atoms in total. The molecule has 9 heteroatoms. The lowest BCUT2D eigenvalue weighted by molar-refractivity contribution is -0.116. The Bertz CT molecular complexity index is 1710. The van der Waals surface area contributed by atoms with Gasteiger partial charge in [-0.15, -0.1) is 0 Å². The highest BCUT2D eigenvalue weighted by molar-refractivity contribution is 6.12. The molecular weight excluding hydrogens is 558 g/mol. The zero-order chi connectivity index (χ0) is 30.8. The number of nitrogens with one attached hydrogen (secondary N) is 1. The van der Waals surface area contributed by atoms with Gasteiger partial charge in [0.25, 0.3) is 5.91 Å². The molecule has 0 saturated heterocycles. The van der Waals surface area contributed by atoms with Crippen LogP contribution < -0.4 is 29.2 Å². The number of carbonyl (C=O) groups excluding carboxylic acids is 2. The summed E-state index contributed by atoms with van der Waals surface area (Å²) in [6.07, 6.45) is 4.27. The van der Waals surface area contributed by atoms with Crippen LogP contribution in [0.25, 0.3) is 0 Å². The van der Waals surface area contributed by atoms with Crippen molar-refractivity contribution in [3.8, 4) is 23.0 Å². The second kappa shape index (κ2) is 12.1. The van der Waals surface area contributed by atoms with Gasteiger partial charge < -0.3 is 24.3 Å². The molecule has 1 amide bonds. The second-order valence-corrected chi connectivity index (χ2v) is 10.6. The highest BCUT2D eigenvalue weighted by Gasteiger charge is 2.42. The fraction of sp³-hybridized carbons (Fsp3) is 0.229. The molecule has 0 bridgehead atoms. The van der Waals surface area contributed by atoms with Crippen molar-refractivity contribution in [2.45, 2.75) is 24.8 Å². The summed E-state index contributed by atoms with van der Waals surface area (Å²) in [6.45, 7) is 0. The van der Waals surface area contributed by atoms with Gasteiger partial charge in [0, 0.05) is 35.6 Å². The number of para-hydroxylation sites is 2. The monoisotopic (exact) mass is 591 g/mol. The molecule has 1 N–H and O–H groups in total. The number of hydrogen-bond acceptors (Lipinski definition) is 8. The number of carbonyl (C=O) groups is 2. The van der Waals surface area contributed by atoms with Crippen LogP contribution in [0.1, 0.15) is 46.3 Å². The first-order chi connectivity index (χ1) is 21.5. The lowest BCUT2D eigenvalue weighted by Gasteiger charge is -2.35. The van der Waals surface area contributed by atoms with E-state index in [9.17, 15) is 9.59 Å². The molecular formula is C35H33N3O6. The van der Waals surface area contributed by atoms with Gasteiger partial charge in [-0.25, -0.2) is 0 Å². The van der Waals surface area contributed by atoms with Gasteiger partial charge in [0.1, 0.15) is 5.75 Å². The van der Waals surface area contributed by atoms with E-state index in [-0.39, 0.29) is 17.6 Å². The van der Waals surface area contributed by atoms with Crippen LogP contribution in [0.15, 0.2) is 96.5 Å². The third kappa shape index (κ3) is 5.10. The summed E-state index contributed by atoms with van der Waals surface area (Å²) in [7, 11) is 6.16. The van der Waals surface area contributed by atoms with Crippen LogP contribution in [-0.4, -0.2) is 45.1 Å². The molecule has 44 heavy (non-hydrogen) atoms. The van der Waals surface area contributed by atoms with E-state index in [4.69, 9.17) is 18.9 Å². The quantitative estimate of drug-likeness (QED) is 0.266. The third-order valence-corrected chi connectivity index (χ3v) is 8.21. The molecule has 1 aromatic heterocycles. The summed E-state index contributed by atoms with van der Waals surface area (Å²) < 4.78 is 22.0. The highest BCUT2D eigenvalue weighted by Crippen LogP contribution is 2.48. The fourth-order valence-electron chi connectivity index (χ4n) is 6.12. The standard InChI is InChI=1S/C35H33N3O6/c1-41-25-13-11-21(12-14-25)23-16-27-32(29(39)17-23)33(22-8-7-15-36-20-22)38(28-10-6-5-9-26(28)37-27)35(40)24-18-30(42-2)34(44-4)31(19-24)43-3/h5-15,18-20,23,33,37H,16-17H2,1-4H3/t23-,33-/m1/s1. The Morgan fingerprint density at radius 1 is 0.841 bits per heavy atom. The summed E-state index contributed by atoms with van der Waals surface area (Å²) in [4.78, 5) is 35.1. The first kappa shape index (κ1) is 28.8. The fourth-order valence-corrected chi connectivity index (χ4v) is 6.12. The van der Waals surface area contributed by atoms with E-state index in [1.165, 1.54) is 21.3 Å². The largest absolute Gasteiger partial charge is 0.497 e. The van der Waals surface area contributed by atoms with Gasteiger partial charge in [0.05, 0.1) is 45.9 Å². The Kier molecular flexibility index (Phi) is 7.93. The Hall–Kier alpha value is -5.31. The lowest BCUT2D eigenvalue weighted by atomic mass is 9.78. The Labute approximate surface area is 256 Å². The molecule has 2 aliphatic rings. The van der Waals surface area contributed by atoms with Gasteiger partial charge in [-0.2, -0.15) is 0 Å². The average Bonchev–Trinajstić information content (AvgIpc) is 3.22. The summed E-state index contributed by atoms with van der Waals surface area (Å²) in [5, 5.41) is 3.56. The molecule has 0 fully saturated rings. The SMILES string of the molecule is COc1ccc([C@H]2CC(=O)C3=C(C2)Nc2ccccc2N(C(=O)c2cc(OC)c(OC)c(OC)c2)[C@@H]3c2cccnc2)cc1. The minimum Gasteiger partial charge on any atom is -0.497 e. The van der Waals surface area contributed by atoms with E-state index < -0.39 is 6.04 Å². The third-order valence-electron chi connectivity index (χ3n) is 8.21. The average molecular weight is 592 g/mol. The van der Waals surface area contributed by atoms with Crippen LogP contribution in [0.5, 0.6) is 23.0 Å². The molecule has 0 saturated carbocycles. The number of nitrogens with zero attached hydrogens (tertiary/aromatic N) is 2. The minimum absolute atomic E-state index is 0.0380. The number of fused-ring (bicyclic) bond motifs is 1. The molecule has 2 heterocycles. The number of methoxy groups -OCH3 is 4. The number of anilines is 2. The van der Waals surface area contributed by atoms with Crippen molar-refractivity contribution in [1.29, 1.82) is 0 Å². The Morgan fingerprint density at radius 3 is 2.20 bits per heavy atom. The molecule has 0 unspecified atom stereocenters. The molecule has 224 valence electrons. The summed E-state index contributed by atoms with van der Waals surface area (Å²) in [5.74, 6) is 1.42. The summed E-state index contributed by atoms with van der Waals surface area (Å²) >= 11 is 0. The first-order valence-corrected chi connectivity index (χ1v) is 14.3. The number of aromatic nitrogens is 1. The van der Waals surface area contributed by atoms with Gasteiger partial charge in [0.2, 0.25) is 5.75 Å². The van der Waals surface area contributed by atoms with E-state index in [0.29, 0.717) is 46.9 Å². The van der Waals surface area contributed by atoms with Gasteiger partial charge in [0.15, 0.2) is 17.3 Å². The number of hydrogen-bond donors (Lipinski definition) is 1. The van der Waals surface area contributed by atoms with E-state index >= 15 is 0 Å². The molecule has 6 rings (SSSR count). The number of amides is 1. The van der Waals surface area contributed by atoms with Crippen molar-refractivity contribution in [3.63, 3.8) is 0 Å². The molecule has 0 spiro atoms. The van der Waals surface area contributed by atoms with Crippen LogP contribution in [0, 0.1) is 0 Å². The van der Waals surface area contributed by atoms with Crippen molar-refractivity contribution in [1.82, 2.24) is 4.98 Å². The van der Waals surface area contributed by atoms with Crippen LogP contribution in [0.4, 0.5) is 11.4 Å². The number of Topliss-reactive ketones (excluding diaryl/α,β-unsaturated/α-hetero) is 1. The van der Waals surface area contributed by atoms with Crippen LogP contribution in [0.3, 0.4) is 0 Å². The zero-order valence-electron chi connectivity index (χ0n) is 25.0. The van der Waals surface area contributed by atoms with Crippen molar-refractivity contribution in [2.75, 3.05) is 38.7 Å². The van der Waals surface area contributed by atoms with E-state index in [1.54, 1.807) is 36.5 Å². The molecule has 2 atom stereocenters. The van der Waals surface area contributed by atoms with E-state index in [0.717, 1.165) is 28.3 Å². The Morgan fingerprint density at radius 2 is 1.57 bits per heavy atom. The van der Waals surface area contributed by atoms with Gasteiger partial charge in [-0.3, -0.25) is 19.5 Å². The van der Waals surface area contributed by atoms with Crippen LogP contribution in [-0.2, 0) is 4.79 Å². The van der Waals surface area contributed by atoms with E-state index in [2.05, 4.69) is 10.3 Å². The number of rotatable bonds is 7. The maximum absolute atomic E-state index is 14.7. The van der Waals surface area contributed by atoms with Gasteiger partial charge in [-0.1, -0.05) is 30.3 Å². The molecule has 4 aromatic rings. The second-order valence-electron chi connectivity index (χ2n) is 10.6. The molecule has 1 aliphatic carbocycles. The van der Waals surface area contributed by atoms with Gasteiger partial charge in [-0.05, 0) is 65.9 Å². The number of ketones is 1. The maximum atomic E-state index is 14.7. The van der Waals surface area contributed by atoms with Gasteiger partial charge >= 0.3 is 0 Å². The number of allylic oxidation sites excluding steroid dienone is 1. The summed E-state index contributed by atoms with van der Waals surface area (Å²) in [6, 6.07) is 21.6.